The van der Waals surface area contributed by atoms with Gasteiger partial charge in [-0.05, 0) is 12.1 Å². The van der Waals surface area contributed by atoms with E-state index >= 15 is 0 Å². The van der Waals surface area contributed by atoms with Crippen molar-refractivity contribution in [3.05, 3.63) is 41.8 Å². The fourth-order valence-electron chi connectivity index (χ4n) is 0.903. The van der Waals surface area contributed by atoms with Crippen LogP contribution in [0.1, 0.15) is 10.4 Å². The number of hydrogen-bond acceptors (Lipinski definition) is 3. The van der Waals surface area contributed by atoms with Crippen molar-refractivity contribution in [3.63, 3.8) is 0 Å². The van der Waals surface area contributed by atoms with Gasteiger partial charge in [-0.2, -0.15) is 5.06 Å². The summed E-state index contributed by atoms with van der Waals surface area (Å²) in [5.74, 6) is -0.341. The van der Waals surface area contributed by atoms with Crippen LogP contribution in [0.4, 0.5) is 0 Å². The molecule has 0 radical (unpaired) electrons. The van der Waals surface area contributed by atoms with E-state index in [9.17, 15) is 4.79 Å². The lowest BCUT2D eigenvalue weighted by Crippen LogP contribution is -2.24. The van der Waals surface area contributed by atoms with Gasteiger partial charge in [0.25, 0.3) is 5.91 Å². The maximum atomic E-state index is 11.6. The summed E-state index contributed by atoms with van der Waals surface area (Å²) in [6.07, 6.45) is 2.73. The lowest BCUT2D eigenvalue weighted by Gasteiger charge is -2.13. The fraction of sp³-hybridized carbons (Fsp3) is 0.111. The highest BCUT2D eigenvalue weighted by Crippen LogP contribution is 2.09. The smallest absolute Gasteiger partial charge is 0.270 e. The topological polar surface area (TPSA) is 42.4 Å². The molecule has 0 aliphatic carbocycles. The minimum Gasteiger partial charge on any atom is -0.270 e. The number of pyridine rings is 1. The molecule has 0 saturated carbocycles. The van der Waals surface area contributed by atoms with Gasteiger partial charge in [0.05, 0.1) is 7.11 Å². The predicted molar refractivity (Wildman–Crippen MR) is 52.6 cm³/mol. The highest BCUT2D eigenvalue weighted by molar-refractivity contribution is 6.29. The van der Waals surface area contributed by atoms with Gasteiger partial charge in [0, 0.05) is 18.0 Å². The zero-order valence-corrected chi connectivity index (χ0v) is 8.36. The second kappa shape index (κ2) is 4.74. The van der Waals surface area contributed by atoms with Gasteiger partial charge < -0.3 is 0 Å². The molecule has 1 amide bonds. The molecule has 0 unspecified atom stereocenters. The number of amides is 1. The largest absolute Gasteiger partial charge is 0.281 e. The lowest BCUT2D eigenvalue weighted by atomic mass is 10.2. The van der Waals surface area contributed by atoms with Gasteiger partial charge in [-0.3, -0.25) is 9.63 Å². The third-order valence-electron chi connectivity index (χ3n) is 1.54. The molecule has 0 aromatic carbocycles. The zero-order chi connectivity index (χ0) is 10.6. The van der Waals surface area contributed by atoms with E-state index in [-0.39, 0.29) is 11.1 Å². The molecule has 4 nitrogen and oxygen atoms in total. The van der Waals surface area contributed by atoms with E-state index < -0.39 is 0 Å². The fourth-order valence-corrected chi connectivity index (χ4v) is 1.08. The first kappa shape index (κ1) is 10.7. The Balaban J connectivity index is 2.93. The molecule has 0 atom stereocenters. The third kappa shape index (κ3) is 2.31. The summed E-state index contributed by atoms with van der Waals surface area (Å²) in [7, 11) is 1.38. The first-order valence-electron chi connectivity index (χ1n) is 3.81. The molecule has 14 heavy (non-hydrogen) atoms. The second-order valence-electron chi connectivity index (χ2n) is 2.36. The van der Waals surface area contributed by atoms with Crippen molar-refractivity contribution in [3.8, 4) is 0 Å². The van der Waals surface area contributed by atoms with Crippen molar-refractivity contribution in [2.45, 2.75) is 0 Å². The predicted octanol–water partition coefficient (Wildman–Crippen LogP) is 1.88. The van der Waals surface area contributed by atoms with Crippen LogP contribution in [0, 0.1) is 0 Å². The number of aromatic nitrogens is 1. The first-order chi connectivity index (χ1) is 6.69. The number of carbonyl (C=O) groups is 1. The molecule has 1 aromatic rings. The van der Waals surface area contributed by atoms with Gasteiger partial charge in [-0.1, -0.05) is 18.2 Å². The molecule has 74 valence electrons. The van der Waals surface area contributed by atoms with Gasteiger partial charge in [0.2, 0.25) is 0 Å². The van der Waals surface area contributed by atoms with Crippen molar-refractivity contribution in [2.24, 2.45) is 0 Å². The number of halogens is 1. The molecule has 0 bridgehead atoms. The third-order valence-corrected chi connectivity index (χ3v) is 1.74. The van der Waals surface area contributed by atoms with Crippen LogP contribution in [0.25, 0.3) is 0 Å². The van der Waals surface area contributed by atoms with Crippen molar-refractivity contribution >= 4 is 17.5 Å². The van der Waals surface area contributed by atoms with E-state index in [1.807, 2.05) is 0 Å². The monoisotopic (exact) mass is 212 g/mol. The average Bonchev–Trinajstić information content (AvgIpc) is 2.19. The maximum absolute atomic E-state index is 11.6. The van der Waals surface area contributed by atoms with Gasteiger partial charge in [-0.15, -0.1) is 0 Å². The Hall–Kier alpha value is -1.39. The summed E-state index contributed by atoms with van der Waals surface area (Å²) in [6.45, 7) is 3.43. The summed E-state index contributed by atoms with van der Waals surface area (Å²) in [5, 5.41) is 1.27. The summed E-state index contributed by atoms with van der Waals surface area (Å²) in [5.41, 5.74) is 0.395. The van der Waals surface area contributed by atoms with Crippen LogP contribution in [0.2, 0.25) is 5.15 Å². The Morgan fingerprint density at radius 2 is 2.50 bits per heavy atom. The van der Waals surface area contributed by atoms with Crippen LogP contribution in [0.15, 0.2) is 31.1 Å². The number of hydroxylamine groups is 2. The minimum atomic E-state index is -0.341. The molecule has 5 heteroatoms. The molecular weight excluding hydrogens is 204 g/mol. The molecule has 1 heterocycles. The standard InChI is InChI=1S/C9H9ClN2O2/c1-3-12(14-2)9(13)7-4-5-11-8(10)6-7/h3-6H,1H2,2H3. The molecular formula is C9H9ClN2O2. The van der Waals surface area contributed by atoms with Crippen molar-refractivity contribution in [2.75, 3.05) is 7.11 Å². The Kier molecular flexibility index (Phi) is 3.62. The molecule has 0 saturated heterocycles. The lowest BCUT2D eigenvalue weighted by molar-refractivity contribution is -0.0582. The van der Waals surface area contributed by atoms with Crippen molar-refractivity contribution in [1.29, 1.82) is 0 Å². The van der Waals surface area contributed by atoms with Crippen LogP contribution < -0.4 is 0 Å². The van der Waals surface area contributed by atoms with Gasteiger partial charge in [0.1, 0.15) is 5.15 Å². The van der Waals surface area contributed by atoms with Crippen LogP contribution in [0.5, 0.6) is 0 Å². The Morgan fingerprint density at radius 1 is 1.79 bits per heavy atom. The summed E-state index contributed by atoms with van der Waals surface area (Å²) < 4.78 is 0. The van der Waals surface area contributed by atoms with E-state index in [2.05, 4.69) is 11.6 Å². The van der Waals surface area contributed by atoms with Crippen LogP contribution in [-0.2, 0) is 4.84 Å². The van der Waals surface area contributed by atoms with Gasteiger partial charge in [0.15, 0.2) is 0 Å². The van der Waals surface area contributed by atoms with Gasteiger partial charge in [-0.25, -0.2) is 4.98 Å². The van der Waals surface area contributed by atoms with Crippen LogP contribution >= 0.6 is 11.6 Å². The Bertz CT molecular complexity index is 354. The summed E-state index contributed by atoms with van der Waals surface area (Å²) in [4.78, 5) is 20.1. The molecule has 0 aliphatic heterocycles. The summed E-state index contributed by atoms with van der Waals surface area (Å²) >= 11 is 5.63. The van der Waals surface area contributed by atoms with Crippen molar-refractivity contribution < 1.29 is 9.63 Å². The highest BCUT2D eigenvalue weighted by atomic mass is 35.5. The first-order valence-corrected chi connectivity index (χ1v) is 4.18. The molecule has 0 aliphatic rings. The quantitative estimate of drug-likeness (QED) is 0.568. The number of rotatable bonds is 3. The molecule has 1 aromatic heterocycles. The van der Waals surface area contributed by atoms with E-state index in [1.54, 1.807) is 6.07 Å². The van der Waals surface area contributed by atoms with Gasteiger partial charge >= 0.3 is 0 Å². The van der Waals surface area contributed by atoms with Crippen molar-refractivity contribution in [1.82, 2.24) is 10.0 Å². The second-order valence-corrected chi connectivity index (χ2v) is 2.75. The SMILES string of the molecule is C=CN(OC)C(=O)c1ccnc(Cl)c1. The number of hydrogen-bond donors (Lipinski definition) is 0. The molecule has 0 N–H and O–H groups in total. The van der Waals surface area contributed by atoms with E-state index in [0.717, 1.165) is 5.06 Å². The minimum absolute atomic E-state index is 0.260. The van der Waals surface area contributed by atoms with E-state index in [0.29, 0.717) is 5.56 Å². The van der Waals surface area contributed by atoms with Crippen LogP contribution in [0.3, 0.4) is 0 Å². The molecule has 1 rings (SSSR count). The number of carbonyl (C=O) groups excluding carboxylic acids is 1. The molecule has 0 fully saturated rings. The average molecular weight is 213 g/mol. The normalized spacial score (nSPS) is 9.57. The zero-order valence-electron chi connectivity index (χ0n) is 7.61. The number of nitrogens with zero attached hydrogens (tertiary/aromatic N) is 2. The van der Waals surface area contributed by atoms with Crippen LogP contribution in [-0.4, -0.2) is 23.1 Å². The van der Waals surface area contributed by atoms with E-state index in [4.69, 9.17) is 16.4 Å². The highest BCUT2D eigenvalue weighted by Gasteiger charge is 2.12. The Morgan fingerprint density at radius 3 is 3.00 bits per heavy atom. The molecule has 0 spiro atoms. The maximum Gasteiger partial charge on any atom is 0.281 e. The van der Waals surface area contributed by atoms with E-state index in [1.165, 1.54) is 25.6 Å². The summed E-state index contributed by atoms with van der Waals surface area (Å²) in [6, 6.07) is 3.00. The Labute approximate surface area is 86.7 Å².